The van der Waals surface area contributed by atoms with Crippen LogP contribution in [0.25, 0.3) is 0 Å². The summed E-state index contributed by atoms with van der Waals surface area (Å²) in [5.41, 5.74) is -0.838. The molecule has 0 saturated heterocycles. The standard InChI is InChI=1S/C11H17O10P/c1-11(2,3)10(15)19-4-5(12)7-8(21-22(16,17)18)6(13)9(14)20-7/h5,7,12-13H,4H2,1-3H3,(H2,16,17,18)/t5-,7+/m0/s1. The fourth-order valence-electron chi connectivity index (χ4n) is 1.40. The van der Waals surface area contributed by atoms with E-state index in [0.29, 0.717) is 0 Å². The monoisotopic (exact) mass is 340 g/mol. The van der Waals surface area contributed by atoms with Gasteiger partial charge in [-0.15, -0.1) is 0 Å². The van der Waals surface area contributed by atoms with E-state index in [4.69, 9.17) is 14.5 Å². The van der Waals surface area contributed by atoms with Crippen molar-refractivity contribution in [2.75, 3.05) is 6.61 Å². The highest BCUT2D eigenvalue weighted by Crippen LogP contribution is 2.43. The number of phosphoric acid groups is 1. The minimum atomic E-state index is -5.09. The lowest BCUT2D eigenvalue weighted by molar-refractivity contribution is -0.160. The molecular weight excluding hydrogens is 323 g/mol. The van der Waals surface area contributed by atoms with Crippen molar-refractivity contribution in [2.45, 2.75) is 33.0 Å². The zero-order chi connectivity index (χ0) is 17.3. The maximum atomic E-state index is 11.6. The molecule has 0 bridgehead atoms. The van der Waals surface area contributed by atoms with Crippen LogP contribution in [-0.4, -0.2) is 50.8 Å². The Morgan fingerprint density at radius 1 is 1.41 bits per heavy atom. The Labute approximate surface area is 125 Å². The van der Waals surface area contributed by atoms with E-state index in [1.54, 1.807) is 20.8 Å². The molecule has 1 rings (SSSR count). The van der Waals surface area contributed by atoms with E-state index in [9.17, 15) is 24.4 Å². The Bertz CT molecular complexity index is 540. The van der Waals surface area contributed by atoms with E-state index < -0.39 is 55.5 Å². The van der Waals surface area contributed by atoms with E-state index in [0.717, 1.165) is 0 Å². The van der Waals surface area contributed by atoms with Crippen LogP contribution in [0.4, 0.5) is 0 Å². The number of hydrogen-bond acceptors (Lipinski definition) is 8. The van der Waals surface area contributed by atoms with Crippen molar-refractivity contribution in [2.24, 2.45) is 5.41 Å². The number of rotatable bonds is 5. The highest BCUT2D eigenvalue weighted by Gasteiger charge is 2.44. The first-order valence-electron chi connectivity index (χ1n) is 6.07. The summed E-state index contributed by atoms with van der Waals surface area (Å²) < 4.78 is 24.3. The van der Waals surface area contributed by atoms with Crippen molar-refractivity contribution >= 4 is 19.8 Å². The van der Waals surface area contributed by atoms with Crippen molar-refractivity contribution in [3.63, 3.8) is 0 Å². The summed E-state index contributed by atoms with van der Waals surface area (Å²) in [6.45, 7) is 4.09. The minimum Gasteiger partial charge on any atom is -0.499 e. The van der Waals surface area contributed by atoms with Crippen LogP contribution in [0, 0.1) is 5.41 Å². The molecule has 11 heteroatoms. The molecule has 1 aliphatic rings. The fourth-order valence-corrected chi connectivity index (χ4v) is 1.85. The molecule has 0 unspecified atom stereocenters. The highest BCUT2D eigenvalue weighted by atomic mass is 31.2. The van der Waals surface area contributed by atoms with Crippen molar-refractivity contribution < 1.29 is 48.2 Å². The smallest absolute Gasteiger partial charge is 0.499 e. The first-order valence-corrected chi connectivity index (χ1v) is 7.60. The van der Waals surface area contributed by atoms with Crippen LogP contribution in [0.2, 0.25) is 0 Å². The fraction of sp³-hybridized carbons (Fsp3) is 0.636. The molecule has 0 aromatic rings. The molecule has 0 aromatic carbocycles. The number of cyclic esters (lactones) is 1. The summed E-state index contributed by atoms with van der Waals surface area (Å²) in [5.74, 6) is -4.07. The second-order valence-electron chi connectivity index (χ2n) is 5.54. The Kier molecular flexibility index (Phi) is 5.24. The molecule has 1 heterocycles. The van der Waals surface area contributed by atoms with Gasteiger partial charge in [0.05, 0.1) is 5.41 Å². The van der Waals surface area contributed by atoms with Gasteiger partial charge in [0, 0.05) is 0 Å². The number of ether oxygens (including phenoxy) is 2. The van der Waals surface area contributed by atoms with Gasteiger partial charge in [-0.05, 0) is 20.8 Å². The van der Waals surface area contributed by atoms with E-state index in [2.05, 4.69) is 9.26 Å². The molecule has 10 nitrogen and oxygen atoms in total. The molecule has 4 N–H and O–H groups in total. The van der Waals surface area contributed by atoms with Crippen LogP contribution in [0.15, 0.2) is 11.5 Å². The first-order chi connectivity index (χ1) is 9.83. The normalized spacial score (nSPS) is 20.6. The number of phosphoric ester groups is 1. The average Bonchev–Trinajstić information content (AvgIpc) is 2.60. The highest BCUT2D eigenvalue weighted by molar-refractivity contribution is 7.46. The van der Waals surface area contributed by atoms with Crippen LogP contribution in [-0.2, 0) is 28.2 Å². The molecule has 0 aromatic heterocycles. The van der Waals surface area contributed by atoms with Crippen LogP contribution in [0.5, 0.6) is 0 Å². The van der Waals surface area contributed by atoms with Crippen molar-refractivity contribution in [3.05, 3.63) is 11.5 Å². The van der Waals surface area contributed by atoms with Gasteiger partial charge in [0.1, 0.15) is 12.7 Å². The lowest BCUT2D eigenvalue weighted by atomic mass is 9.97. The van der Waals surface area contributed by atoms with Gasteiger partial charge in [-0.1, -0.05) is 0 Å². The predicted molar refractivity (Wildman–Crippen MR) is 69.1 cm³/mol. The number of aliphatic hydroxyl groups excluding tert-OH is 2. The third-order valence-corrected chi connectivity index (χ3v) is 2.92. The van der Waals surface area contributed by atoms with Crippen LogP contribution in [0.3, 0.4) is 0 Å². The maximum absolute atomic E-state index is 11.6. The Balaban J connectivity index is 2.80. The number of aliphatic hydroxyl groups is 2. The Morgan fingerprint density at radius 2 is 1.95 bits per heavy atom. The molecule has 0 saturated carbocycles. The summed E-state index contributed by atoms with van der Waals surface area (Å²) in [7, 11) is -5.09. The topological polar surface area (TPSA) is 160 Å². The second kappa shape index (κ2) is 6.25. The van der Waals surface area contributed by atoms with E-state index in [1.807, 2.05) is 0 Å². The van der Waals surface area contributed by atoms with Crippen molar-refractivity contribution in [3.8, 4) is 0 Å². The molecule has 2 atom stereocenters. The van der Waals surface area contributed by atoms with Gasteiger partial charge >= 0.3 is 19.8 Å². The molecule has 0 aliphatic carbocycles. The van der Waals surface area contributed by atoms with E-state index >= 15 is 0 Å². The minimum absolute atomic E-state index is 0.630. The lowest BCUT2D eigenvalue weighted by Crippen LogP contribution is -2.36. The maximum Gasteiger partial charge on any atom is 0.524 e. The van der Waals surface area contributed by atoms with Gasteiger partial charge in [-0.2, -0.15) is 0 Å². The quantitative estimate of drug-likeness (QED) is 0.388. The van der Waals surface area contributed by atoms with Crippen molar-refractivity contribution in [1.82, 2.24) is 0 Å². The number of hydrogen-bond donors (Lipinski definition) is 4. The number of esters is 2. The zero-order valence-corrected chi connectivity index (χ0v) is 12.9. The Hall–Kier alpha value is -1.61. The molecule has 0 radical (unpaired) electrons. The molecule has 0 fully saturated rings. The third-order valence-electron chi connectivity index (χ3n) is 2.48. The number of carbonyl (C=O) groups is 2. The first kappa shape index (κ1) is 18.4. The summed E-state index contributed by atoms with van der Waals surface area (Å²) >= 11 is 0. The Morgan fingerprint density at radius 3 is 2.41 bits per heavy atom. The van der Waals surface area contributed by atoms with Crippen LogP contribution in [0.1, 0.15) is 20.8 Å². The zero-order valence-electron chi connectivity index (χ0n) is 12.0. The summed E-state index contributed by atoms with van der Waals surface area (Å²) in [6.07, 6.45) is -3.38. The van der Waals surface area contributed by atoms with E-state index in [-0.39, 0.29) is 0 Å². The lowest BCUT2D eigenvalue weighted by Gasteiger charge is -2.22. The van der Waals surface area contributed by atoms with Gasteiger partial charge in [-0.25, -0.2) is 9.36 Å². The molecule has 1 aliphatic heterocycles. The third kappa shape index (κ3) is 4.70. The molecule has 0 amide bonds. The SMILES string of the molecule is CC(C)(C)C(=O)OC[C@H](O)[C@H]1OC(=O)C(O)=C1OP(=O)(O)O. The average molecular weight is 340 g/mol. The largest absolute Gasteiger partial charge is 0.524 e. The van der Waals surface area contributed by atoms with Gasteiger partial charge in [0.15, 0.2) is 6.10 Å². The van der Waals surface area contributed by atoms with Gasteiger partial charge in [0.2, 0.25) is 11.5 Å². The molecular formula is C11H17O10P. The van der Waals surface area contributed by atoms with Crippen LogP contribution >= 0.6 is 7.82 Å². The van der Waals surface area contributed by atoms with Gasteiger partial charge < -0.3 is 24.2 Å². The number of carbonyl (C=O) groups excluding carboxylic acids is 2. The molecule has 0 spiro atoms. The van der Waals surface area contributed by atoms with Crippen molar-refractivity contribution in [1.29, 1.82) is 0 Å². The van der Waals surface area contributed by atoms with E-state index in [1.165, 1.54) is 0 Å². The van der Waals surface area contributed by atoms with Crippen LogP contribution < -0.4 is 0 Å². The van der Waals surface area contributed by atoms with Gasteiger partial charge in [-0.3, -0.25) is 14.6 Å². The summed E-state index contributed by atoms with van der Waals surface area (Å²) in [6, 6.07) is 0. The predicted octanol–water partition coefficient (Wildman–Crippen LogP) is -0.259. The summed E-state index contributed by atoms with van der Waals surface area (Å²) in [4.78, 5) is 40.2. The van der Waals surface area contributed by atoms with Gasteiger partial charge in [0.25, 0.3) is 0 Å². The molecule has 22 heavy (non-hydrogen) atoms. The summed E-state index contributed by atoms with van der Waals surface area (Å²) in [5, 5.41) is 19.2. The molecule has 126 valence electrons. The second-order valence-corrected chi connectivity index (χ2v) is 6.70.